The lowest BCUT2D eigenvalue weighted by atomic mass is 10.1. The monoisotopic (exact) mass is 372 g/mol. The van der Waals surface area contributed by atoms with Gasteiger partial charge in [0, 0.05) is 0 Å². The van der Waals surface area contributed by atoms with E-state index < -0.39 is 17.9 Å². The fourth-order valence-electron chi connectivity index (χ4n) is 2.25. The molecule has 2 rings (SSSR count). The number of methoxy groups -OCH3 is 1. The molecule has 2 N–H and O–H groups in total. The molecule has 27 heavy (non-hydrogen) atoms. The number of amides is 2. The number of hydrogen-bond acceptors (Lipinski definition) is 5. The second-order valence-corrected chi connectivity index (χ2v) is 5.94. The van der Waals surface area contributed by atoms with Crippen molar-refractivity contribution in [1.29, 1.82) is 0 Å². The number of hydrogen-bond donors (Lipinski definition) is 2. The van der Waals surface area contributed by atoms with E-state index in [4.69, 9.17) is 14.2 Å². The van der Waals surface area contributed by atoms with Crippen LogP contribution in [0.25, 0.3) is 0 Å². The number of para-hydroxylation sites is 2. The summed E-state index contributed by atoms with van der Waals surface area (Å²) in [6, 6.07) is 12.6. The van der Waals surface area contributed by atoms with Gasteiger partial charge in [-0.3, -0.25) is 20.4 Å². The minimum Gasteiger partial charge on any atom is -0.493 e. The van der Waals surface area contributed by atoms with E-state index in [9.17, 15) is 9.59 Å². The molecule has 0 radical (unpaired) electrons. The minimum absolute atomic E-state index is 0.271. The number of carbonyl (C=O) groups excluding carboxylic acids is 2. The Morgan fingerprint density at radius 1 is 0.963 bits per heavy atom. The molecule has 2 aromatic rings. The quantitative estimate of drug-likeness (QED) is 0.729. The third-order valence-electron chi connectivity index (χ3n) is 3.98. The summed E-state index contributed by atoms with van der Waals surface area (Å²) in [5.41, 5.74) is 6.66. The Morgan fingerprint density at radius 3 is 2.33 bits per heavy atom. The van der Waals surface area contributed by atoms with Crippen LogP contribution < -0.4 is 25.1 Å². The van der Waals surface area contributed by atoms with Gasteiger partial charge in [0.2, 0.25) is 0 Å². The topological polar surface area (TPSA) is 85.9 Å². The van der Waals surface area contributed by atoms with Gasteiger partial charge in [-0.15, -0.1) is 0 Å². The van der Waals surface area contributed by atoms with E-state index in [1.807, 2.05) is 26.0 Å². The summed E-state index contributed by atoms with van der Waals surface area (Å²) >= 11 is 0. The third-order valence-corrected chi connectivity index (χ3v) is 3.98. The first kappa shape index (κ1) is 20.1. The Balaban J connectivity index is 1.80. The fourth-order valence-corrected chi connectivity index (χ4v) is 2.25. The number of carbonyl (C=O) groups is 2. The third kappa shape index (κ3) is 5.64. The molecule has 0 unspecified atom stereocenters. The molecule has 7 nitrogen and oxygen atoms in total. The highest BCUT2D eigenvalue weighted by Crippen LogP contribution is 2.25. The minimum atomic E-state index is -0.777. The van der Waals surface area contributed by atoms with Crippen molar-refractivity contribution in [2.24, 2.45) is 0 Å². The molecule has 0 aromatic heterocycles. The predicted molar refractivity (Wildman–Crippen MR) is 101 cm³/mol. The van der Waals surface area contributed by atoms with E-state index in [2.05, 4.69) is 10.9 Å². The molecule has 0 saturated heterocycles. The molecule has 0 saturated carbocycles. The van der Waals surface area contributed by atoms with Crippen molar-refractivity contribution in [2.45, 2.75) is 26.9 Å². The lowest BCUT2D eigenvalue weighted by molar-refractivity contribution is -0.133. The molecular formula is C20H24N2O5. The molecular weight excluding hydrogens is 348 g/mol. The van der Waals surface area contributed by atoms with E-state index in [0.717, 1.165) is 11.1 Å². The standard InChI is InChI=1S/C20H24N2O5/c1-13-8-7-11-16(14(13)2)27-15(3)20(24)22-21-19(23)12-26-18-10-6-5-9-17(18)25-4/h5-11,15H,12H2,1-4H3,(H,21,23)(H,22,24)/t15-/m1/s1. The van der Waals surface area contributed by atoms with Gasteiger partial charge >= 0.3 is 0 Å². The van der Waals surface area contributed by atoms with Crippen LogP contribution in [0.5, 0.6) is 17.2 Å². The van der Waals surface area contributed by atoms with E-state index in [0.29, 0.717) is 17.2 Å². The summed E-state index contributed by atoms with van der Waals surface area (Å²) < 4.78 is 16.2. The van der Waals surface area contributed by atoms with Gasteiger partial charge in [-0.1, -0.05) is 24.3 Å². The first-order chi connectivity index (χ1) is 12.9. The molecule has 0 fully saturated rings. The van der Waals surface area contributed by atoms with Crippen molar-refractivity contribution in [3.63, 3.8) is 0 Å². The Labute approximate surface area is 158 Å². The Bertz CT molecular complexity index is 807. The van der Waals surface area contributed by atoms with E-state index in [1.54, 1.807) is 37.3 Å². The van der Waals surface area contributed by atoms with Crippen molar-refractivity contribution in [3.05, 3.63) is 53.6 Å². The van der Waals surface area contributed by atoms with Gasteiger partial charge in [-0.05, 0) is 50.1 Å². The highest BCUT2D eigenvalue weighted by molar-refractivity contribution is 5.85. The molecule has 0 bridgehead atoms. The Hall–Kier alpha value is -3.22. The van der Waals surface area contributed by atoms with Crippen molar-refractivity contribution < 1.29 is 23.8 Å². The highest BCUT2D eigenvalue weighted by Gasteiger charge is 2.17. The van der Waals surface area contributed by atoms with Crippen LogP contribution in [0, 0.1) is 13.8 Å². The zero-order valence-electron chi connectivity index (χ0n) is 15.9. The number of benzene rings is 2. The maximum atomic E-state index is 12.1. The summed E-state index contributed by atoms with van der Waals surface area (Å²) in [6.07, 6.45) is -0.777. The molecule has 0 spiro atoms. The van der Waals surface area contributed by atoms with Gasteiger partial charge in [0.1, 0.15) is 5.75 Å². The number of rotatable bonds is 7. The Kier molecular flexibility index (Phi) is 7.05. The van der Waals surface area contributed by atoms with Crippen LogP contribution in [0.15, 0.2) is 42.5 Å². The first-order valence-corrected chi connectivity index (χ1v) is 8.49. The smallest absolute Gasteiger partial charge is 0.279 e. The van der Waals surface area contributed by atoms with Gasteiger partial charge < -0.3 is 14.2 Å². The molecule has 0 aliphatic carbocycles. The van der Waals surface area contributed by atoms with Crippen molar-refractivity contribution >= 4 is 11.8 Å². The SMILES string of the molecule is COc1ccccc1OCC(=O)NNC(=O)[C@@H](C)Oc1cccc(C)c1C. The summed E-state index contributed by atoms with van der Waals surface area (Å²) in [6.45, 7) is 5.22. The van der Waals surface area contributed by atoms with E-state index in [1.165, 1.54) is 7.11 Å². The second kappa shape index (κ2) is 9.47. The zero-order valence-corrected chi connectivity index (χ0v) is 15.9. The van der Waals surface area contributed by atoms with Crippen molar-refractivity contribution in [1.82, 2.24) is 10.9 Å². The summed E-state index contributed by atoms with van der Waals surface area (Å²) in [4.78, 5) is 24.0. The average molecular weight is 372 g/mol. The van der Waals surface area contributed by atoms with Crippen LogP contribution in [0.4, 0.5) is 0 Å². The highest BCUT2D eigenvalue weighted by atomic mass is 16.5. The molecule has 2 amide bonds. The molecule has 0 aliphatic heterocycles. The second-order valence-electron chi connectivity index (χ2n) is 5.94. The summed E-state index contributed by atoms with van der Waals surface area (Å²) in [5, 5.41) is 0. The normalized spacial score (nSPS) is 11.3. The zero-order chi connectivity index (χ0) is 19.8. The largest absolute Gasteiger partial charge is 0.493 e. The van der Waals surface area contributed by atoms with Crippen LogP contribution in [0.2, 0.25) is 0 Å². The van der Waals surface area contributed by atoms with Gasteiger partial charge in [-0.2, -0.15) is 0 Å². The maximum Gasteiger partial charge on any atom is 0.279 e. The Morgan fingerprint density at radius 2 is 1.63 bits per heavy atom. The van der Waals surface area contributed by atoms with E-state index in [-0.39, 0.29) is 6.61 Å². The van der Waals surface area contributed by atoms with Crippen molar-refractivity contribution in [3.8, 4) is 17.2 Å². The van der Waals surface area contributed by atoms with Gasteiger partial charge in [-0.25, -0.2) is 0 Å². The maximum absolute atomic E-state index is 12.1. The first-order valence-electron chi connectivity index (χ1n) is 8.49. The number of ether oxygens (including phenoxy) is 3. The molecule has 0 heterocycles. The van der Waals surface area contributed by atoms with Crippen LogP contribution in [0.3, 0.4) is 0 Å². The van der Waals surface area contributed by atoms with Gasteiger partial charge in [0.25, 0.3) is 11.8 Å². The number of nitrogens with one attached hydrogen (secondary N) is 2. The number of hydrazine groups is 1. The molecule has 0 aliphatic rings. The lowest BCUT2D eigenvalue weighted by Crippen LogP contribution is -2.48. The van der Waals surface area contributed by atoms with Gasteiger partial charge in [0.05, 0.1) is 7.11 Å². The van der Waals surface area contributed by atoms with Crippen LogP contribution in [0.1, 0.15) is 18.1 Å². The van der Waals surface area contributed by atoms with Crippen LogP contribution in [-0.4, -0.2) is 31.6 Å². The van der Waals surface area contributed by atoms with Gasteiger partial charge in [0.15, 0.2) is 24.2 Å². The predicted octanol–water partition coefficient (Wildman–Crippen LogP) is 2.31. The van der Waals surface area contributed by atoms with Crippen molar-refractivity contribution in [2.75, 3.05) is 13.7 Å². The van der Waals surface area contributed by atoms with E-state index >= 15 is 0 Å². The fraction of sp³-hybridized carbons (Fsp3) is 0.300. The average Bonchev–Trinajstić information content (AvgIpc) is 2.68. The van der Waals surface area contributed by atoms with Crippen LogP contribution >= 0.6 is 0 Å². The lowest BCUT2D eigenvalue weighted by Gasteiger charge is -2.17. The molecule has 7 heteroatoms. The molecule has 1 atom stereocenters. The molecule has 144 valence electrons. The summed E-state index contributed by atoms with van der Waals surface area (Å²) in [7, 11) is 1.51. The van der Waals surface area contributed by atoms with Crippen LogP contribution in [-0.2, 0) is 9.59 Å². The summed E-state index contributed by atoms with van der Waals surface area (Å²) in [5.74, 6) is 0.608. The number of aryl methyl sites for hydroxylation is 1. The molecule has 2 aromatic carbocycles.